The fourth-order valence-electron chi connectivity index (χ4n) is 14.2. The average Bonchev–Trinajstić information content (AvgIpc) is 3.82. The van der Waals surface area contributed by atoms with Crippen LogP contribution in [0.4, 0.5) is 0 Å². The van der Waals surface area contributed by atoms with Gasteiger partial charge in [-0.15, -0.1) is 0 Å². The molecule has 4 aliphatic carbocycles. The Morgan fingerprint density at radius 2 is 1.24 bits per heavy atom. The van der Waals surface area contributed by atoms with Gasteiger partial charge in [-0.25, -0.2) is 4.79 Å². The van der Waals surface area contributed by atoms with Crippen LogP contribution in [0.5, 0.6) is 0 Å². The first kappa shape index (κ1) is 49.2. The topological polar surface area (TPSA) is 279 Å². The molecule has 0 unspecified atom stereocenters. The van der Waals surface area contributed by atoms with E-state index in [1.54, 1.807) is 19.9 Å². The lowest BCUT2D eigenvalue weighted by molar-refractivity contribution is -0.345. The van der Waals surface area contributed by atoms with E-state index in [-0.39, 0.29) is 61.1 Å². The smallest absolute Gasteiger partial charge is 0.331 e. The Balaban J connectivity index is 0.738. The van der Waals surface area contributed by atoms with Crippen molar-refractivity contribution in [3.63, 3.8) is 0 Å². The average molecular weight is 941 g/mol. The van der Waals surface area contributed by atoms with Crippen LogP contribution in [0, 0.1) is 34.5 Å². The molecule has 0 bridgehead atoms. The molecule has 19 heteroatoms. The highest BCUT2D eigenvalue weighted by Gasteiger charge is 2.71. The van der Waals surface area contributed by atoms with E-state index in [0.717, 1.165) is 44.1 Å². The lowest BCUT2D eigenvalue weighted by atomic mass is 9.42. The Morgan fingerprint density at radius 3 is 1.79 bits per heavy atom. The number of cyclic esters (lactones) is 1. The lowest BCUT2D eigenvalue weighted by Crippen LogP contribution is -2.67. The molecule has 19 nitrogen and oxygen atoms in total. The predicted octanol–water partition coefficient (Wildman–Crippen LogP) is 0.251. The number of carbonyl (C=O) groups is 2. The number of aliphatic hydroxyl groups excluding tert-OH is 7. The number of ketones is 1. The summed E-state index contributed by atoms with van der Waals surface area (Å²) in [7, 11) is 0. The van der Waals surface area contributed by atoms with Gasteiger partial charge in [-0.1, -0.05) is 13.8 Å². The van der Waals surface area contributed by atoms with Crippen molar-refractivity contribution in [2.24, 2.45) is 34.5 Å². The maximum absolute atomic E-state index is 12.6. The van der Waals surface area contributed by atoms with Gasteiger partial charge >= 0.3 is 5.97 Å². The third kappa shape index (κ3) is 8.55. The number of aliphatic hydroxyl groups is 8. The normalized spacial score (nSPS) is 54.2. The van der Waals surface area contributed by atoms with Crippen molar-refractivity contribution in [2.45, 2.75) is 221 Å². The molecule has 8 fully saturated rings. The summed E-state index contributed by atoms with van der Waals surface area (Å²) < 4.78 is 53.7. The number of carbonyl (C=O) groups excluding carboxylic acids is 2. The summed E-state index contributed by atoms with van der Waals surface area (Å²) in [6.45, 7) is 9.01. The zero-order valence-electron chi connectivity index (χ0n) is 38.5. The maximum atomic E-state index is 12.6. The zero-order chi connectivity index (χ0) is 47.2. The van der Waals surface area contributed by atoms with Crippen molar-refractivity contribution in [3.05, 3.63) is 11.6 Å². The van der Waals surface area contributed by atoms with Crippen LogP contribution >= 0.6 is 0 Å². The number of hydrogen-bond donors (Lipinski definition) is 8. The van der Waals surface area contributed by atoms with Crippen LogP contribution in [0.2, 0.25) is 0 Å². The molecule has 9 aliphatic rings. The number of Topliss-reactive ketones (excluding diaryl/α,β-unsaturated/α-hetero) is 1. The van der Waals surface area contributed by atoms with E-state index in [1.165, 1.54) is 0 Å². The number of esters is 1. The third-order valence-electron chi connectivity index (χ3n) is 17.9. The van der Waals surface area contributed by atoms with Crippen LogP contribution in [0.15, 0.2) is 11.6 Å². The molecule has 66 heavy (non-hydrogen) atoms. The van der Waals surface area contributed by atoms with Crippen molar-refractivity contribution in [1.29, 1.82) is 0 Å². The molecule has 0 spiro atoms. The molecule has 25 atom stereocenters. The zero-order valence-corrected chi connectivity index (χ0v) is 38.5. The van der Waals surface area contributed by atoms with Gasteiger partial charge in [0.15, 0.2) is 37.0 Å². The van der Waals surface area contributed by atoms with Crippen molar-refractivity contribution < 1.29 is 93.1 Å². The Labute approximate surface area is 384 Å². The summed E-state index contributed by atoms with van der Waals surface area (Å²) in [4.78, 5) is 24.3. The minimum absolute atomic E-state index is 0.0106. The highest BCUT2D eigenvalue weighted by molar-refractivity contribution is 5.88. The van der Waals surface area contributed by atoms with Crippen LogP contribution < -0.4 is 0 Å². The first-order chi connectivity index (χ1) is 31.2. The summed E-state index contributed by atoms with van der Waals surface area (Å²) in [6, 6.07) is 0. The summed E-state index contributed by atoms with van der Waals surface area (Å²) >= 11 is 0. The molecular formula is C47H72O19. The van der Waals surface area contributed by atoms with Gasteiger partial charge < -0.3 is 83.5 Å². The van der Waals surface area contributed by atoms with Gasteiger partial charge in [0.25, 0.3) is 0 Å². The SMILES string of the molecule is C[C@H]1O[C@@H](O[C@H]2CC[C@@]3(C)[C@H](CC[C@@H]4[C@@H]3C[C@@H](O)[C@]3(C)[C@@H](C5=CC(=O)OC5)CC[C@]43O)C2)C[C@H](O)[C@@H]1O[C@H]1C[C@H](O)[C@H](O[C@H]2C[C@H](O)[C@H](O[C@@H]3O[C@H](CO)[C@@H](O)C(=O)[C@H]3O)[C@@H](C)O2)[C@@H](C)O1. The second kappa shape index (κ2) is 18.8. The first-order valence-electron chi connectivity index (χ1n) is 24.3. The fourth-order valence-corrected chi connectivity index (χ4v) is 14.2. The fraction of sp³-hybridized carbons (Fsp3) is 0.915. The van der Waals surface area contributed by atoms with E-state index < -0.39 is 128 Å². The van der Waals surface area contributed by atoms with Gasteiger partial charge in [-0.2, -0.15) is 0 Å². The van der Waals surface area contributed by atoms with Crippen LogP contribution in [-0.2, 0) is 52.2 Å². The summed E-state index contributed by atoms with van der Waals surface area (Å²) in [6.07, 6.45) is -9.96. The van der Waals surface area contributed by atoms with Gasteiger partial charge in [-0.3, -0.25) is 4.79 Å². The molecule has 4 saturated carbocycles. The summed E-state index contributed by atoms with van der Waals surface area (Å²) in [5, 5.41) is 87.9. The number of fused-ring (bicyclic) bond motifs is 5. The Hall–Kier alpha value is -1.76. The van der Waals surface area contributed by atoms with E-state index >= 15 is 0 Å². The van der Waals surface area contributed by atoms with Crippen LogP contribution in [0.3, 0.4) is 0 Å². The molecule has 5 aliphatic heterocycles. The molecular weight excluding hydrogens is 868 g/mol. The number of hydrogen-bond acceptors (Lipinski definition) is 19. The first-order valence-corrected chi connectivity index (χ1v) is 24.3. The van der Waals surface area contributed by atoms with Crippen LogP contribution in [0.25, 0.3) is 0 Å². The molecule has 0 aromatic carbocycles. The van der Waals surface area contributed by atoms with Crippen molar-refractivity contribution in [1.82, 2.24) is 0 Å². The minimum atomic E-state index is -1.84. The number of rotatable bonds is 10. The number of ether oxygens (including phenoxy) is 9. The summed E-state index contributed by atoms with van der Waals surface area (Å²) in [5.41, 5.74) is -0.996. The Kier molecular flexibility index (Phi) is 14.0. The van der Waals surface area contributed by atoms with Crippen LogP contribution in [0.1, 0.15) is 105 Å². The van der Waals surface area contributed by atoms with E-state index in [4.69, 9.17) is 42.6 Å². The molecule has 374 valence electrons. The minimum Gasteiger partial charge on any atom is -0.458 e. The van der Waals surface area contributed by atoms with Gasteiger partial charge in [-0.05, 0) is 107 Å². The standard InChI is InChI=1S/C47H72O19/c1-20-41(64-36-16-30(50)42(21(2)60-36)65-37-17-31(51)43(22(3)61-37)66-44-40(56)39(55)38(54)32(18-48)63-44)29(49)15-35(59-20)62-25-8-10-45(4)24(13-25)6-7-27-28(45)14-33(52)46(5)26(9-11-47(27,46)57)23-12-34(53)58-19-23/h12,20-22,24-33,35-38,40-44,48-52,54,56-57H,6-11,13-19H2,1-5H3/t20-,21-,22-,24-,25+,26-,27-,28+,29+,30+,31+,32-,33-,35+,36+,37+,38-,40-,41-,42-,43-,44+,45+,46+,47+/m1/s1. The van der Waals surface area contributed by atoms with Gasteiger partial charge in [0.05, 0.1) is 61.0 Å². The molecule has 0 aromatic rings. The Bertz CT molecular complexity index is 1770. The Morgan fingerprint density at radius 1 is 0.667 bits per heavy atom. The highest BCUT2D eigenvalue weighted by atomic mass is 16.8. The van der Waals surface area contributed by atoms with Crippen LogP contribution in [-0.4, -0.2) is 182 Å². The maximum Gasteiger partial charge on any atom is 0.331 e. The van der Waals surface area contributed by atoms with Crippen molar-refractivity contribution in [2.75, 3.05) is 13.2 Å². The van der Waals surface area contributed by atoms with E-state index in [9.17, 15) is 50.4 Å². The van der Waals surface area contributed by atoms with Gasteiger partial charge in [0, 0.05) is 30.8 Å². The summed E-state index contributed by atoms with van der Waals surface area (Å²) in [5.74, 6) is -0.900. The second-order valence-corrected chi connectivity index (χ2v) is 21.4. The quantitative estimate of drug-likeness (QED) is 0.108. The molecule has 0 amide bonds. The molecule has 5 heterocycles. The van der Waals surface area contributed by atoms with E-state index in [1.807, 2.05) is 13.8 Å². The molecule has 8 N–H and O–H groups in total. The van der Waals surface area contributed by atoms with Crippen molar-refractivity contribution in [3.8, 4) is 0 Å². The third-order valence-corrected chi connectivity index (χ3v) is 17.9. The van der Waals surface area contributed by atoms with Gasteiger partial charge in [0.2, 0.25) is 0 Å². The second-order valence-electron chi connectivity index (χ2n) is 21.4. The molecule has 0 radical (unpaired) electrons. The largest absolute Gasteiger partial charge is 0.458 e. The highest BCUT2D eigenvalue weighted by Crippen LogP contribution is 2.70. The van der Waals surface area contributed by atoms with Crippen molar-refractivity contribution >= 4 is 11.8 Å². The van der Waals surface area contributed by atoms with Gasteiger partial charge in [0.1, 0.15) is 37.1 Å². The van der Waals surface area contributed by atoms with E-state index in [0.29, 0.717) is 18.8 Å². The molecule has 9 rings (SSSR count). The molecule has 4 saturated heterocycles. The van der Waals surface area contributed by atoms with E-state index in [2.05, 4.69) is 6.92 Å². The lowest BCUT2D eigenvalue weighted by Gasteiger charge is -2.65. The molecule has 0 aromatic heterocycles. The predicted molar refractivity (Wildman–Crippen MR) is 224 cm³/mol. The monoisotopic (exact) mass is 940 g/mol.